The van der Waals surface area contributed by atoms with Crippen LogP contribution in [0.2, 0.25) is 0 Å². The second-order valence-electron chi connectivity index (χ2n) is 26.6. The van der Waals surface area contributed by atoms with Gasteiger partial charge in [-0.2, -0.15) is 0 Å². The third kappa shape index (κ3) is 79.7. The molecule has 17 nitrogen and oxygen atoms in total. The van der Waals surface area contributed by atoms with Crippen LogP contribution in [0.5, 0.6) is 0 Å². The van der Waals surface area contributed by atoms with E-state index in [1.807, 2.05) is 54.7 Å². The van der Waals surface area contributed by atoms with Crippen molar-refractivity contribution in [2.75, 3.05) is 39.6 Å². The maximum Gasteiger partial charge on any atom is 0.472 e. The Kier molecular flexibility index (Phi) is 76.0. The minimum Gasteiger partial charge on any atom is -0.462 e. The van der Waals surface area contributed by atoms with Gasteiger partial charge in [-0.1, -0.05) is 286 Å². The van der Waals surface area contributed by atoms with Gasteiger partial charge in [-0.3, -0.25) is 37.3 Å². The predicted molar refractivity (Wildman–Crippen MR) is 454 cm³/mol. The molecule has 2 unspecified atom stereocenters. The van der Waals surface area contributed by atoms with Crippen LogP contribution < -0.4 is 0 Å². The number of phosphoric ester groups is 2. The van der Waals surface area contributed by atoms with Crippen LogP contribution in [-0.2, 0) is 65.4 Å². The Morgan fingerprint density at radius 1 is 0.255 bits per heavy atom. The number of carbonyl (C=O) groups excluding carboxylic acids is 4. The molecular weight excluding hydrogens is 1430 g/mol. The van der Waals surface area contributed by atoms with Crippen LogP contribution in [0.1, 0.15) is 285 Å². The van der Waals surface area contributed by atoms with Crippen LogP contribution in [0.4, 0.5) is 0 Å². The van der Waals surface area contributed by atoms with Gasteiger partial charge in [0.15, 0.2) is 12.2 Å². The van der Waals surface area contributed by atoms with E-state index in [9.17, 15) is 43.2 Å². The lowest BCUT2D eigenvalue weighted by atomic mass is 10.2. The predicted octanol–water partition coefficient (Wildman–Crippen LogP) is 24.7. The van der Waals surface area contributed by atoms with E-state index in [0.717, 1.165) is 103 Å². The molecule has 110 heavy (non-hydrogen) atoms. The average molecular weight is 1570 g/mol. The smallest absolute Gasteiger partial charge is 0.462 e. The van der Waals surface area contributed by atoms with Crippen LogP contribution in [0.25, 0.3) is 0 Å². The molecule has 0 radical (unpaired) electrons. The summed E-state index contributed by atoms with van der Waals surface area (Å²) < 4.78 is 68.4. The van der Waals surface area contributed by atoms with Crippen molar-refractivity contribution >= 4 is 39.5 Å². The third-order valence-electron chi connectivity index (χ3n) is 16.2. The molecule has 0 spiro atoms. The van der Waals surface area contributed by atoms with Crippen molar-refractivity contribution in [1.29, 1.82) is 0 Å². The highest BCUT2D eigenvalue weighted by molar-refractivity contribution is 7.47. The van der Waals surface area contributed by atoms with E-state index >= 15 is 0 Å². The third-order valence-corrected chi connectivity index (χ3v) is 18.1. The number of hydrogen-bond acceptors (Lipinski definition) is 15. The number of ether oxygens (including phenoxy) is 4. The molecule has 0 aliphatic rings. The lowest BCUT2D eigenvalue weighted by Gasteiger charge is -2.21. The van der Waals surface area contributed by atoms with E-state index < -0.39 is 97.5 Å². The first-order chi connectivity index (χ1) is 53.7. The minimum atomic E-state index is -5.03. The SMILES string of the molecule is CCCCC/C=C\C/C=C\C/C=C\C/C=C\C/C=C\CCC(=O)OC[C@H](COP(=O)(O)OC[C@@H](O)COP(=O)(O)OC[C@@H](COC(=O)CCC/C=C\C/C=C\C/C=C\C/C=C\CCCCC)OC(=O)CCC/C=C\C/C=C\C/C=C\C/C=C\CCCCC)OC(=O)CCC/C=C\C/C=C\C/C=C\C/C=C\CCCCC. The highest BCUT2D eigenvalue weighted by atomic mass is 31.2. The summed E-state index contributed by atoms with van der Waals surface area (Å²) in [5, 5.41) is 10.7. The van der Waals surface area contributed by atoms with Crippen LogP contribution in [0, 0.1) is 0 Å². The number of unbranched alkanes of at least 4 members (excludes halogenated alkanes) is 15. The molecule has 0 rings (SSSR count). The summed E-state index contributed by atoms with van der Waals surface area (Å²) in [4.78, 5) is 73.1. The largest absolute Gasteiger partial charge is 0.472 e. The molecule has 19 heteroatoms. The van der Waals surface area contributed by atoms with Gasteiger partial charge in [-0.15, -0.1) is 0 Å². The van der Waals surface area contributed by atoms with Gasteiger partial charge in [0.2, 0.25) is 0 Å². The molecule has 0 bridgehead atoms. The van der Waals surface area contributed by atoms with Crippen LogP contribution in [0.15, 0.2) is 207 Å². The van der Waals surface area contributed by atoms with E-state index in [1.54, 1.807) is 0 Å². The Hall–Kier alpha value is -6.36. The van der Waals surface area contributed by atoms with Crippen molar-refractivity contribution in [2.24, 2.45) is 0 Å². The average Bonchev–Trinajstić information content (AvgIpc) is 0.906. The zero-order chi connectivity index (χ0) is 80.3. The van der Waals surface area contributed by atoms with Gasteiger partial charge in [0.25, 0.3) is 0 Å². The zero-order valence-electron chi connectivity index (χ0n) is 67.8. The molecule has 0 saturated carbocycles. The van der Waals surface area contributed by atoms with Gasteiger partial charge in [0.05, 0.1) is 26.4 Å². The van der Waals surface area contributed by atoms with Crippen LogP contribution >= 0.6 is 15.6 Å². The molecule has 0 heterocycles. The highest BCUT2D eigenvalue weighted by Gasteiger charge is 2.30. The van der Waals surface area contributed by atoms with Crippen molar-refractivity contribution in [1.82, 2.24) is 0 Å². The fourth-order valence-electron chi connectivity index (χ4n) is 9.88. The second-order valence-corrected chi connectivity index (χ2v) is 29.5. The van der Waals surface area contributed by atoms with Crippen molar-refractivity contribution in [3.8, 4) is 0 Å². The standard InChI is InChI=1S/C91H144O17P2/c1-5-9-13-17-21-25-29-33-37-41-42-46-48-52-56-60-64-68-72-76-89(94)102-82-87(108-91(96)78-74-70-66-62-58-54-50-45-40-36-32-28-24-20-16-12-8-4)84-106-110(99,100)104-80-85(92)79-103-109(97,98)105-83-86(107-90(95)77-73-69-65-61-57-53-49-44-39-35-31-27-23-19-15-11-7-3)81-101-88(93)75-71-67-63-59-55-51-47-43-38-34-30-26-22-18-14-10-6-2/h21-28,33-40,42,46-47,49-54,56,59,61-66,68,85-87,92H,5-20,29-32,41,43-45,48,55,57-58,60,67,69-84H2,1-4H3,(H,97,98)(H,99,100)/b25-21-,26-22-,27-23-,28-24-,37-33-,38-34-,39-35-,40-36-,46-42-,51-47-,53-49-,54-50-,56-52-,63-59-,65-61-,66-62-,68-64-/t85-,86+,87+/m0/s1. The van der Waals surface area contributed by atoms with Gasteiger partial charge in [-0.05, 0) is 180 Å². The van der Waals surface area contributed by atoms with Crippen molar-refractivity contribution < 1.29 is 80.2 Å². The molecule has 0 aromatic heterocycles. The fraction of sp³-hybridized carbons (Fsp3) is 0.582. The Labute approximate surface area is 665 Å². The Balaban J connectivity index is 5.62. The lowest BCUT2D eigenvalue weighted by molar-refractivity contribution is -0.161. The van der Waals surface area contributed by atoms with Gasteiger partial charge in [0, 0.05) is 25.7 Å². The maximum atomic E-state index is 13.1. The molecule has 3 N–H and O–H groups in total. The van der Waals surface area contributed by atoms with E-state index in [0.29, 0.717) is 51.4 Å². The molecule has 5 atom stereocenters. The number of phosphoric acid groups is 2. The number of allylic oxidation sites excluding steroid dienone is 34. The molecule has 620 valence electrons. The monoisotopic (exact) mass is 1570 g/mol. The number of hydrogen-bond donors (Lipinski definition) is 3. The summed E-state index contributed by atoms with van der Waals surface area (Å²) in [6.45, 7) is 4.46. The van der Waals surface area contributed by atoms with Crippen molar-refractivity contribution in [3.63, 3.8) is 0 Å². The molecule has 0 amide bonds. The maximum absolute atomic E-state index is 13.1. The Bertz CT molecular complexity index is 2900. The quantitative estimate of drug-likeness (QED) is 0.0169. The number of aliphatic hydroxyl groups is 1. The summed E-state index contributed by atoms with van der Waals surface area (Å²) >= 11 is 0. The van der Waals surface area contributed by atoms with E-state index in [1.165, 1.54) is 77.0 Å². The summed E-state index contributed by atoms with van der Waals surface area (Å²) in [7, 11) is -10.1. The van der Waals surface area contributed by atoms with E-state index in [2.05, 4.69) is 180 Å². The topological polar surface area (TPSA) is 237 Å². The van der Waals surface area contributed by atoms with Crippen LogP contribution in [-0.4, -0.2) is 96.7 Å². The summed E-state index contributed by atoms with van der Waals surface area (Å²) in [5.41, 5.74) is 0. The highest BCUT2D eigenvalue weighted by Crippen LogP contribution is 2.45. The number of carbonyl (C=O) groups is 4. The van der Waals surface area contributed by atoms with E-state index in [-0.39, 0.29) is 25.7 Å². The fourth-order valence-corrected chi connectivity index (χ4v) is 11.5. The van der Waals surface area contributed by atoms with Gasteiger partial charge >= 0.3 is 39.5 Å². The number of rotatable bonds is 75. The van der Waals surface area contributed by atoms with Gasteiger partial charge in [-0.25, -0.2) is 9.13 Å². The first kappa shape index (κ1) is 104. The first-order valence-electron chi connectivity index (χ1n) is 41.3. The Morgan fingerprint density at radius 2 is 0.455 bits per heavy atom. The molecule has 0 aromatic rings. The summed E-state index contributed by atoms with van der Waals surface area (Å²) in [6.07, 6.45) is 101. The molecule has 0 saturated heterocycles. The Morgan fingerprint density at radius 3 is 0.700 bits per heavy atom. The second kappa shape index (κ2) is 80.7. The molecule has 0 aliphatic heterocycles. The zero-order valence-corrected chi connectivity index (χ0v) is 69.6. The van der Waals surface area contributed by atoms with Crippen molar-refractivity contribution in [2.45, 2.75) is 303 Å². The molecular formula is C91H144O17P2. The molecule has 0 fully saturated rings. The molecule has 0 aromatic carbocycles. The van der Waals surface area contributed by atoms with Crippen LogP contribution in [0.3, 0.4) is 0 Å². The molecule has 0 aliphatic carbocycles. The number of esters is 4. The number of aliphatic hydroxyl groups excluding tert-OH is 1. The van der Waals surface area contributed by atoms with Crippen molar-refractivity contribution in [3.05, 3.63) is 207 Å². The van der Waals surface area contributed by atoms with E-state index in [4.69, 9.17) is 37.0 Å². The normalized spacial score (nSPS) is 14.9. The summed E-state index contributed by atoms with van der Waals surface area (Å²) in [6, 6.07) is 0. The van der Waals surface area contributed by atoms with Gasteiger partial charge in [0.1, 0.15) is 19.3 Å². The first-order valence-corrected chi connectivity index (χ1v) is 44.3. The minimum absolute atomic E-state index is 0.00440. The van der Waals surface area contributed by atoms with Gasteiger partial charge < -0.3 is 33.8 Å². The summed E-state index contributed by atoms with van der Waals surface area (Å²) in [5.74, 6) is -2.49. The lowest BCUT2D eigenvalue weighted by Crippen LogP contribution is -2.30.